The highest BCUT2D eigenvalue weighted by Crippen LogP contribution is 2.38. The molecule has 4 fully saturated rings. The number of rotatable bonds is 28. The first-order valence-electron chi connectivity index (χ1n) is 28.7. The SMILES string of the molecule is C=C(C)C(=O)OCCOC(=O)C1CC(C(=O)O)CC(C(=O)O)C1.C=C(C)C(=O)OCCOC(=O)C1CC(C(=O)O)CCC1C(=O)O.C=C(C)C(=O)OCCOC(=O)C1CCC(C(=O)O)C(C(=O)O)C1.C=C(C)C(=O)OCCOC(=O)C1CCC(C(=O)O)CC1C(=O)O. The van der Waals surface area contributed by atoms with Gasteiger partial charge in [0.05, 0.1) is 71.0 Å². The first kappa shape index (κ1) is 80.5. The smallest absolute Gasteiger partial charge is 0.333 e. The lowest BCUT2D eigenvalue weighted by Crippen LogP contribution is -2.38. The van der Waals surface area contributed by atoms with E-state index in [0.29, 0.717) is 0 Å². The zero-order chi connectivity index (χ0) is 70.3. The molecular formula is C60H80O32. The van der Waals surface area contributed by atoms with Gasteiger partial charge in [-0.2, -0.15) is 0 Å². The lowest BCUT2D eigenvalue weighted by atomic mass is 9.74. The van der Waals surface area contributed by atoms with Crippen LogP contribution >= 0.6 is 0 Å². The molecule has 0 saturated heterocycles. The molecule has 32 nitrogen and oxygen atoms in total. The Bertz CT molecular complexity index is 2750. The Kier molecular flexibility index (Phi) is 35.2. The number of esters is 8. The molecule has 4 aliphatic carbocycles. The molecule has 4 rings (SSSR count). The van der Waals surface area contributed by atoms with Gasteiger partial charge in [-0.3, -0.25) is 57.5 Å². The Morgan fingerprint density at radius 1 is 0.250 bits per heavy atom. The molecule has 4 aliphatic rings. The Labute approximate surface area is 526 Å². The van der Waals surface area contributed by atoms with E-state index < -0.39 is 167 Å². The lowest BCUT2D eigenvalue weighted by Gasteiger charge is -2.30. The van der Waals surface area contributed by atoms with E-state index in [1.807, 2.05) is 0 Å². The Hall–Kier alpha value is -9.52. The zero-order valence-electron chi connectivity index (χ0n) is 51.3. The molecule has 512 valence electrons. The van der Waals surface area contributed by atoms with Crippen LogP contribution in [-0.4, -0.2) is 189 Å². The summed E-state index contributed by atoms with van der Waals surface area (Å²) in [4.78, 5) is 181. The molecule has 8 N–H and O–H groups in total. The van der Waals surface area contributed by atoms with E-state index in [2.05, 4.69) is 26.3 Å². The summed E-state index contributed by atoms with van der Waals surface area (Å²) in [6.45, 7) is 18.2. The van der Waals surface area contributed by atoms with Crippen molar-refractivity contribution in [1.82, 2.24) is 0 Å². The second-order valence-corrected chi connectivity index (χ2v) is 22.0. The third-order valence-corrected chi connectivity index (χ3v) is 14.8. The summed E-state index contributed by atoms with van der Waals surface area (Å²) in [7, 11) is 0. The zero-order valence-corrected chi connectivity index (χ0v) is 51.3. The van der Waals surface area contributed by atoms with Gasteiger partial charge < -0.3 is 78.7 Å². The van der Waals surface area contributed by atoms with Crippen LogP contribution in [0.3, 0.4) is 0 Å². The molecule has 0 amide bonds. The molecule has 0 aliphatic heterocycles. The van der Waals surface area contributed by atoms with Crippen molar-refractivity contribution in [2.45, 2.75) is 105 Å². The van der Waals surface area contributed by atoms with Gasteiger partial charge in [-0.25, -0.2) is 19.2 Å². The summed E-state index contributed by atoms with van der Waals surface area (Å²) in [6.07, 6.45) is 0.896. The minimum atomic E-state index is -1.23. The van der Waals surface area contributed by atoms with Gasteiger partial charge in [0.25, 0.3) is 0 Å². The van der Waals surface area contributed by atoms with Crippen molar-refractivity contribution in [2.24, 2.45) is 71.0 Å². The van der Waals surface area contributed by atoms with Crippen LogP contribution in [0.4, 0.5) is 0 Å². The van der Waals surface area contributed by atoms with Gasteiger partial charge in [0.15, 0.2) is 0 Å². The molecule has 0 aromatic carbocycles. The third-order valence-electron chi connectivity index (χ3n) is 14.8. The van der Waals surface area contributed by atoms with Crippen molar-refractivity contribution in [3.05, 3.63) is 48.6 Å². The fourth-order valence-corrected chi connectivity index (χ4v) is 9.82. The van der Waals surface area contributed by atoms with Crippen LogP contribution in [0.15, 0.2) is 48.6 Å². The molecule has 0 aromatic heterocycles. The summed E-state index contributed by atoms with van der Waals surface area (Å²) in [6, 6.07) is 0. The highest BCUT2D eigenvalue weighted by atomic mass is 16.6. The number of hydrogen-bond acceptors (Lipinski definition) is 24. The molecule has 0 radical (unpaired) electrons. The normalized spacial score (nSPS) is 23.6. The predicted octanol–water partition coefficient (Wildman–Crippen LogP) is 3.40. The van der Waals surface area contributed by atoms with E-state index >= 15 is 0 Å². The number of carboxylic acids is 8. The molecule has 11 unspecified atom stereocenters. The van der Waals surface area contributed by atoms with Crippen LogP contribution in [0.1, 0.15) is 105 Å². The highest BCUT2D eigenvalue weighted by molar-refractivity contribution is 5.89. The molecule has 11 atom stereocenters. The molecule has 0 heterocycles. The number of ether oxygens (including phenoxy) is 8. The van der Waals surface area contributed by atoms with Crippen LogP contribution in [0.5, 0.6) is 0 Å². The van der Waals surface area contributed by atoms with Gasteiger partial charge >= 0.3 is 95.5 Å². The Balaban J connectivity index is 0.000000613. The maximum Gasteiger partial charge on any atom is 0.333 e. The minimum Gasteiger partial charge on any atom is -0.481 e. The van der Waals surface area contributed by atoms with E-state index in [-0.39, 0.29) is 152 Å². The molecule has 0 aromatic rings. The molecule has 92 heavy (non-hydrogen) atoms. The average Bonchev–Trinajstić information content (AvgIpc) is 0.947. The summed E-state index contributed by atoms with van der Waals surface area (Å²) in [5.74, 6) is -25.1. The van der Waals surface area contributed by atoms with Gasteiger partial charge in [0.2, 0.25) is 0 Å². The van der Waals surface area contributed by atoms with Crippen LogP contribution in [0.2, 0.25) is 0 Å². The molecule has 0 spiro atoms. The lowest BCUT2D eigenvalue weighted by molar-refractivity contribution is -0.164. The first-order chi connectivity index (χ1) is 42.9. The van der Waals surface area contributed by atoms with Crippen molar-refractivity contribution in [2.75, 3.05) is 52.9 Å². The van der Waals surface area contributed by atoms with Crippen LogP contribution in [0.25, 0.3) is 0 Å². The summed E-state index contributed by atoms with van der Waals surface area (Å²) in [5, 5.41) is 72.6. The van der Waals surface area contributed by atoms with Crippen molar-refractivity contribution in [1.29, 1.82) is 0 Å². The van der Waals surface area contributed by atoms with Crippen LogP contribution < -0.4 is 0 Å². The average molecular weight is 1310 g/mol. The topological polar surface area (TPSA) is 509 Å². The second kappa shape index (κ2) is 40.3. The standard InChI is InChI=1S/4C15H20O8/c1-8(2)14(20)22-3-4-23-15(21)11-6-9(12(16)17)5-10(7-11)13(18)19;1-8(2)14(20)22-5-6-23-15(21)9-3-4-10(12(16)17)11(7-9)13(18)19;1-8(2)14(20)22-5-6-23-15(21)10-4-3-9(12(16)17)7-11(10)13(18)19;1-8(2)14(20)22-5-6-23-15(21)11-7-9(12(16)17)3-4-10(11)13(18)19/h4*9-11H,1,3-7H2,2H3,(H,16,17)(H,18,19). The van der Waals surface area contributed by atoms with E-state index in [4.69, 9.17) is 73.6 Å². The summed E-state index contributed by atoms with van der Waals surface area (Å²) < 4.78 is 38.8. The molecule has 4 saturated carbocycles. The number of carboxylic acid groups (broad SMARTS) is 8. The summed E-state index contributed by atoms with van der Waals surface area (Å²) >= 11 is 0. The Morgan fingerprint density at radius 2 is 0.478 bits per heavy atom. The van der Waals surface area contributed by atoms with E-state index in [1.54, 1.807) is 0 Å². The molecule has 0 bridgehead atoms. The van der Waals surface area contributed by atoms with Crippen LogP contribution in [-0.2, 0) is 115 Å². The van der Waals surface area contributed by atoms with Crippen molar-refractivity contribution in [3.8, 4) is 0 Å². The Morgan fingerprint density at radius 3 is 0.793 bits per heavy atom. The van der Waals surface area contributed by atoms with Crippen LogP contribution in [0, 0.1) is 71.0 Å². The fraction of sp³-hybridized carbons (Fsp3) is 0.600. The first-order valence-corrected chi connectivity index (χ1v) is 28.7. The minimum absolute atomic E-state index is 0.00463. The largest absolute Gasteiger partial charge is 0.481 e. The number of carbonyl (C=O) groups is 16. The predicted molar refractivity (Wildman–Crippen MR) is 305 cm³/mol. The third kappa shape index (κ3) is 28.5. The number of hydrogen-bond donors (Lipinski definition) is 8. The molecular weight excluding hydrogens is 1230 g/mol. The highest BCUT2D eigenvalue weighted by Gasteiger charge is 2.45. The van der Waals surface area contributed by atoms with Gasteiger partial charge in [-0.15, -0.1) is 0 Å². The monoisotopic (exact) mass is 1310 g/mol. The molecule has 32 heteroatoms. The van der Waals surface area contributed by atoms with E-state index in [9.17, 15) is 81.8 Å². The summed E-state index contributed by atoms with van der Waals surface area (Å²) in [5.41, 5.74) is 0.873. The number of aliphatic carboxylic acids is 8. The van der Waals surface area contributed by atoms with Crippen molar-refractivity contribution >= 4 is 95.5 Å². The maximum atomic E-state index is 12.0. The quantitative estimate of drug-likeness (QED) is 0.0241. The second-order valence-electron chi connectivity index (χ2n) is 22.0. The van der Waals surface area contributed by atoms with Crippen molar-refractivity contribution < 1.29 is 155 Å². The maximum absolute atomic E-state index is 12.0. The van der Waals surface area contributed by atoms with Gasteiger partial charge in [0.1, 0.15) is 52.9 Å². The fourth-order valence-electron chi connectivity index (χ4n) is 9.82. The number of carbonyl (C=O) groups excluding carboxylic acids is 8. The van der Waals surface area contributed by atoms with Gasteiger partial charge in [-0.05, 0) is 105 Å². The van der Waals surface area contributed by atoms with Crippen molar-refractivity contribution in [3.63, 3.8) is 0 Å². The van der Waals surface area contributed by atoms with Gasteiger partial charge in [-0.1, -0.05) is 26.3 Å². The van der Waals surface area contributed by atoms with E-state index in [0.717, 1.165) is 0 Å². The van der Waals surface area contributed by atoms with E-state index in [1.165, 1.54) is 27.7 Å². The van der Waals surface area contributed by atoms with Gasteiger partial charge in [0, 0.05) is 22.3 Å².